The van der Waals surface area contributed by atoms with Gasteiger partial charge in [-0.1, -0.05) is 43.2 Å². The van der Waals surface area contributed by atoms with Crippen LogP contribution in [0.1, 0.15) is 43.4 Å². The largest absolute Gasteiger partial charge is 0.394 e. The zero-order valence-electron chi connectivity index (χ0n) is 12.4. The van der Waals surface area contributed by atoms with E-state index in [4.69, 9.17) is 9.84 Å². The van der Waals surface area contributed by atoms with Crippen molar-refractivity contribution in [1.82, 2.24) is 5.32 Å². The fourth-order valence-corrected chi connectivity index (χ4v) is 1.88. The lowest BCUT2D eigenvalue weighted by Gasteiger charge is -2.19. The molecule has 4 nitrogen and oxygen atoms in total. The topological polar surface area (TPSA) is 58.6 Å². The quantitative estimate of drug-likeness (QED) is 0.729. The van der Waals surface area contributed by atoms with Crippen LogP contribution >= 0.6 is 0 Å². The minimum atomic E-state index is -0.215. The number of hydrogen-bond donors (Lipinski definition) is 2. The van der Waals surface area contributed by atoms with Crippen LogP contribution in [0.2, 0.25) is 0 Å². The van der Waals surface area contributed by atoms with Crippen LogP contribution in [0.25, 0.3) is 0 Å². The summed E-state index contributed by atoms with van der Waals surface area (Å²) < 4.78 is 5.61. The summed E-state index contributed by atoms with van der Waals surface area (Å²) in [5, 5.41) is 11.8. The highest BCUT2D eigenvalue weighted by molar-refractivity contribution is 5.75. The first kappa shape index (κ1) is 16.7. The molecule has 1 atom stereocenters. The van der Waals surface area contributed by atoms with Crippen LogP contribution in [0, 0.1) is 6.92 Å². The van der Waals surface area contributed by atoms with Crippen LogP contribution in [-0.4, -0.2) is 30.8 Å². The first-order valence-electron chi connectivity index (χ1n) is 7.23. The van der Waals surface area contributed by atoms with Crippen molar-refractivity contribution in [3.8, 4) is 0 Å². The number of benzene rings is 1. The third kappa shape index (κ3) is 6.17. The maximum absolute atomic E-state index is 11.6. The fourth-order valence-electron chi connectivity index (χ4n) is 1.88. The summed E-state index contributed by atoms with van der Waals surface area (Å²) >= 11 is 0. The Hall–Kier alpha value is -1.39. The Morgan fingerprint density at radius 2 is 2.05 bits per heavy atom. The minimum Gasteiger partial charge on any atom is -0.394 e. The molecule has 4 heteroatoms. The number of aliphatic hydroxyl groups excluding tert-OH is 1. The normalized spacial score (nSPS) is 12.2. The van der Waals surface area contributed by atoms with Crippen molar-refractivity contribution in [3.63, 3.8) is 0 Å². The Morgan fingerprint density at radius 3 is 2.65 bits per heavy atom. The lowest BCUT2D eigenvalue weighted by molar-refractivity contribution is -0.121. The number of aryl methyl sites for hydroxylation is 1. The van der Waals surface area contributed by atoms with E-state index >= 15 is 0 Å². The highest BCUT2D eigenvalue weighted by atomic mass is 16.5. The number of carbonyl (C=O) groups is 1. The number of nitrogens with one attached hydrogen (secondary N) is 1. The second-order valence-electron chi connectivity index (χ2n) is 4.90. The number of amides is 1. The van der Waals surface area contributed by atoms with E-state index in [1.54, 1.807) is 0 Å². The molecule has 1 rings (SSSR count). The Bertz CT molecular complexity index is 389. The first-order valence-corrected chi connectivity index (χ1v) is 7.23. The van der Waals surface area contributed by atoms with E-state index in [0.29, 0.717) is 13.0 Å². The first-order chi connectivity index (χ1) is 9.67. The van der Waals surface area contributed by atoms with E-state index in [9.17, 15) is 4.79 Å². The van der Waals surface area contributed by atoms with Crippen molar-refractivity contribution in [2.75, 3.05) is 19.8 Å². The highest BCUT2D eigenvalue weighted by Crippen LogP contribution is 2.17. The van der Waals surface area contributed by atoms with E-state index in [0.717, 1.165) is 18.4 Å². The Kier molecular flexibility index (Phi) is 7.92. The molecule has 1 aromatic carbocycles. The van der Waals surface area contributed by atoms with Crippen molar-refractivity contribution in [2.24, 2.45) is 0 Å². The molecule has 1 amide bonds. The fraction of sp³-hybridized carbons (Fsp3) is 0.562. The van der Waals surface area contributed by atoms with Gasteiger partial charge in [0.25, 0.3) is 0 Å². The smallest absolute Gasteiger partial charge is 0.220 e. The van der Waals surface area contributed by atoms with Crippen LogP contribution in [0.3, 0.4) is 0 Å². The summed E-state index contributed by atoms with van der Waals surface area (Å²) in [4.78, 5) is 11.6. The highest BCUT2D eigenvalue weighted by Gasteiger charge is 2.13. The molecule has 2 N–H and O–H groups in total. The van der Waals surface area contributed by atoms with Gasteiger partial charge in [-0.05, 0) is 18.9 Å². The molecular weight excluding hydrogens is 254 g/mol. The zero-order valence-corrected chi connectivity index (χ0v) is 12.4. The molecule has 112 valence electrons. The molecule has 0 aliphatic carbocycles. The third-order valence-electron chi connectivity index (χ3n) is 3.10. The zero-order chi connectivity index (χ0) is 14.8. The number of carbonyl (C=O) groups excluding carboxylic acids is 1. The predicted molar refractivity (Wildman–Crippen MR) is 79.5 cm³/mol. The van der Waals surface area contributed by atoms with E-state index in [1.165, 1.54) is 5.56 Å². The van der Waals surface area contributed by atoms with Crippen molar-refractivity contribution >= 4 is 5.91 Å². The Balaban J connectivity index is 2.55. The van der Waals surface area contributed by atoms with E-state index < -0.39 is 0 Å². The molecule has 0 saturated heterocycles. The van der Waals surface area contributed by atoms with E-state index in [2.05, 4.69) is 12.2 Å². The monoisotopic (exact) mass is 279 g/mol. The van der Waals surface area contributed by atoms with Gasteiger partial charge in [-0.15, -0.1) is 0 Å². The molecule has 0 radical (unpaired) electrons. The molecule has 20 heavy (non-hydrogen) atoms. The van der Waals surface area contributed by atoms with Crippen LogP contribution in [-0.2, 0) is 9.53 Å². The molecule has 0 heterocycles. The minimum absolute atomic E-state index is 0.0217. The molecule has 0 aliphatic heterocycles. The van der Waals surface area contributed by atoms with Gasteiger partial charge in [0.1, 0.15) is 0 Å². The van der Waals surface area contributed by atoms with Gasteiger partial charge in [0.15, 0.2) is 0 Å². The van der Waals surface area contributed by atoms with Crippen molar-refractivity contribution in [3.05, 3.63) is 35.4 Å². The SMILES string of the molecule is CCCCC(=O)NCC(OCCO)c1ccc(C)cc1. The van der Waals surface area contributed by atoms with Gasteiger partial charge in [-0.3, -0.25) is 4.79 Å². The Morgan fingerprint density at radius 1 is 1.35 bits per heavy atom. The number of unbranched alkanes of at least 4 members (excludes halogenated alkanes) is 1. The van der Waals surface area contributed by atoms with Crippen LogP contribution in [0.15, 0.2) is 24.3 Å². The number of hydrogen-bond acceptors (Lipinski definition) is 3. The number of aliphatic hydroxyl groups is 1. The number of rotatable bonds is 9. The van der Waals surface area contributed by atoms with Crippen molar-refractivity contribution < 1.29 is 14.6 Å². The summed E-state index contributed by atoms with van der Waals surface area (Å²) in [6.45, 7) is 4.77. The average molecular weight is 279 g/mol. The van der Waals surface area contributed by atoms with Crippen molar-refractivity contribution in [2.45, 2.75) is 39.2 Å². The lowest BCUT2D eigenvalue weighted by atomic mass is 10.1. The summed E-state index contributed by atoms with van der Waals surface area (Å²) in [6, 6.07) is 8.03. The summed E-state index contributed by atoms with van der Waals surface area (Å²) in [7, 11) is 0. The maximum atomic E-state index is 11.6. The summed E-state index contributed by atoms with van der Waals surface area (Å²) in [5.41, 5.74) is 2.20. The second-order valence-corrected chi connectivity index (χ2v) is 4.90. The van der Waals surface area contributed by atoms with Gasteiger partial charge in [0, 0.05) is 13.0 Å². The van der Waals surface area contributed by atoms with E-state index in [-0.39, 0.29) is 25.2 Å². The van der Waals surface area contributed by atoms with E-state index in [1.807, 2.05) is 31.2 Å². The van der Waals surface area contributed by atoms with Crippen LogP contribution < -0.4 is 5.32 Å². The summed E-state index contributed by atoms with van der Waals surface area (Å²) in [5.74, 6) is 0.0524. The third-order valence-corrected chi connectivity index (χ3v) is 3.10. The van der Waals surface area contributed by atoms with Gasteiger partial charge in [0.2, 0.25) is 5.91 Å². The van der Waals surface area contributed by atoms with Crippen LogP contribution in [0.5, 0.6) is 0 Å². The lowest BCUT2D eigenvalue weighted by Crippen LogP contribution is -2.29. The summed E-state index contributed by atoms with van der Waals surface area (Å²) in [6.07, 6.45) is 2.25. The molecule has 0 fully saturated rings. The van der Waals surface area contributed by atoms with Gasteiger partial charge < -0.3 is 15.2 Å². The molecule has 1 aromatic rings. The van der Waals surface area contributed by atoms with Gasteiger partial charge >= 0.3 is 0 Å². The molecule has 0 spiro atoms. The standard InChI is InChI=1S/C16H25NO3/c1-3-4-5-16(19)17-12-15(20-11-10-18)14-8-6-13(2)7-9-14/h6-9,15,18H,3-5,10-12H2,1-2H3,(H,17,19). The predicted octanol–water partition coefficient (Wildman–Crippen LogP) is 2.35. The van der Waals surface area contributed by atoms with Gasteiger partial charge in [0.05, 0.1) is 19.3 Å². The number of ether oxygens (including phenoxy) is 1. The molecule has 0 bridgehead atoms. The second kappa shape index (κ2) is 9.50. The molecular formula is C16H25NO3. The molecule has 0 aromatic heterocycles. The van der Waals surface area contributed by atoms with Gasteiger partial charge in [-0.2, -0.15) is 0 Å². The molecule has 0 saturated carbocycles. The van der Waals surface area contributed by atoms with Crippen molar-refractivity contribution in [1.29, 1.82) is 0 Å². The Labute approximate surface area is 121 Å². The van der Waals surface area contributed by atoms with Crippen LogP contribution in [0.4, 0.5) is 0 Å². The van der Waals surface area contributed by atoms with Gasteiger partial charge in [-0.25, -0.2) is 0 Å². The average Bonchev–Trinajstić information content (AvgIpc) is 2.46. The molecule has 0 aliphatic rings. The molecule has 1 unspecified atom stereocenters. The maximum Gasteiger partial charge on any atom is 0.220 e.